The lowest BCUT2D eigenvalue weighted by molar-refractivity contribution is 0.0988. The Morgan fingerprint density at radius 2 is 2.31 bits per heavy atom. The SMILES string of the molecule is Cc1ccc(F)cc1CC(=O)c1cn[nH]n1. The maximum atomic E-state index is 13.0. The van der Waals surface area contributed by atoms with Crippen molar-refractivity contribution in [2.45, 2.75) is 13.3 Å². The molecule has 0 radical (unpaired) electrons. The molecule has 1 aromatic carbocycles. The summed E-state index contributed by atoms with van der Waals surface area (Å²) in [5.41, 5.74) is 1.83. The van der Waals surface area contributed by atoms with Crippen LogP contribution >= 0.6 is 0 Å². The Labute approximate surface area is 91.5 Å². The predicted octanol–water partition coefficient (Wildman–Crippen LogP) is 1.68. The van der Waals surface area contributed by atoms with Crippen LogP contribution in [0.5, 0.6) is 0 Å². The van der Waals surface area contributed by atoms with Crippen molar-refractivity contribution in [3.8, 4) is 0 Å². The Balaban J connectivity index is 2.21. The highest BCUT2D eigenvalue weighted by Gasteiger charge is 2.11. The van der Waals surface area contributed by atoms with Gasteiger partial charge in [0.2, 0.25) is 0 Å². The molecule has 5 heteroatoms. The van der Waals surface area contributed by atoms with Crippen LogP contribution < -0.4 is 0 Å². The number of aryl methyl sites for hydroxylation is 1. The van der Waals surface area contributed by atoms with E-state index in [1.807, 2.05) is 6.92 Å². The molecule has 0 saturated carbocycles. The lowest BCUT2D eigenvalue weighted by Crippen LogP contribution is -2.05. The van der Waals surface area contributed by atoms with E-state index in [0.717, 1.165) is 5.56 Å². The molecule has 0 aliphatic heterocycles. The molecular formula is C11H10FN3O. The average Bonchev–Trinajstić information content (AvgIpc) is 2.76. The van der Waals surface area contributed by atoms with Gasteiger partial charge in [-0.2, -0.15) is 15.4 Å². The van der Waals surface area contributed by atoms with Crippen molar-refractivity contribution in [2.24, 2.45) is 0 Å². The molecule has 0 atom stereocenters. The molecule has 16 heavy (non-hydrogen) atoms. The van der Waals surface area contributed by atoms with Crippen LogP contribution in [0, 0.1) is 12.7 Å². The first kappa shape index (κ1) is 10.5. The number of benzene rings is 1. The fourth-order valence-corrected chi connectivity index (χ4v) is 1.43. The first-order chi connectivity index (χ1) is 7.66. The predicted molar refractivity (Wildman–Crippen MR) is 55.6 cm³/mol. The molecule has 1 heterocycles. The van der Waals surface area contributed by atoms with Gasteiger partial charge in [0.15, 0.2) is 5.78 Å². The summed E-state index contributed by atoms with van der Waals surface area (Å²) in [6, 6.07) is 4.40. The van der Waals surface area contributed by atoms with Gasteiger partial charge in [-0.05, 0) is 30.2 Å². The van der Waals surface area contributed by atoms with Crippen LogP contribution in [0.15, 0.2) is 24.4 Å². The van der Waals surface area contributed by atoms with E-state index in [2.05, 4.69) is 15.4 Å². The van der Waals surface area contributed by atoms with Gasteiger partial charge in [-0.1, -0.05) is 6.07 Å². The number of hydrogen-bond acceptors (Lipinski definition) is 3. The topological polar surface area (TPSA) is 58.6 Å². The van der Waals surface area contributed by atoms with Crippen LogP contribution in [0.25, 0.3) is 0 Å². The molecule has 0 aliphatic carbocycles. The number of carbonyl (C=O) groups is 1. The van der Waals surface area contributed by atoms with E-state index in [1.54, 1.807) is 6.07 Å². The number of rotatable bonds is 3. The van der Waals surface area contributed by atoms with Gasteiger partial charge >= 0.3 is 0 Å². The molecule has 1 N–H and O–H groups in total. The monoisotopic (exact) mass is 219 g/mol. The third-order valence-electron chi connectivity index (χ3n) is 2.36. The number of carbonyl (C=O) groups excluding carboxylic acids is 1. The molecule has 0 amide bonds. The zero-order chi connectivity index (χ0) is 11.5. The summed E-state index contributed by atoms with van der Waals surface area (Å²) < 4.78 is 13.0. The second-order valence-electron chi connectivity index (χ2n) is 3.53. The Hall–Kier alpha value is -2.04. The number of Topliss-reactive ketones (excluding diaryl/α,β-unsaturated/α-hetero) is 1. The lowest BCUT2D eigenvalue weighted by atomic mass is 10.0. The van der Waals surface area contributed by atoms with Crippen molar-refractivity contribution in [1.29, 1.82) is 0 Å². The minimum Gasteiger partial charge on any atom is -0.292 e. The quantitative estimate of drug-likeness (QED) is 0.799. The molecule has 82 valence electrons. The van der Waals surface area contributed by atoms with Crippen LogP contribution in [0.1, 0.15) is 21.6 Å². The van der Waals surface area contributed by atoms with Gasteiger partial charge in [0, 0.05) is 6.42 Å². The second-order valence-corrected chi connectivity index (χ2v) is 3.53. The number of nitrogens with zero attached hydrogens (tertiary/aromatic N) is 2. The molecule has 1 aromatic heterocycles. The summed E-state index contributed by atoms with van der Waals surface area (Å²) in [4.78, 5) is 11.7. The van der Waals surface area contributed by atoms with Crippen LogP contribution in [-0.4, -0.2) is 21.2 Å². The number of aromatic amines is 1. The van der Waals surface area contributed by atoms with Crippen molar-refractivity contribution < 1.29 is 9.18 Å². The van der Waals surface area contributed by atoms with Crippen molar-refractivity contribution in [2.75, 3.05) is 0 Å². The minimum absolute atomic E-state index is 0.135. The minimum atomic E-state index is -0.339. The first-order valence-corrected chi connectivity index (χ1v) is 4.81. The number of aromatic nitrogens is 3. The highest BCUT2D eigenvalue weighted by atomic mass is 19.1. The van der Waals surface area contributed by atoms with Gasteiger partial charge in [-0.15, -0.1) is 0 Å². The standard InChI is InChI=1S/C11H10FN3O/c1-7-2-3-9(12)4-8(7)5-11(16)10-6-13-15-14-10/h2-4,6H,5H2,1H3,(H,13,14,15). The number of nitrogens with one attached hydrogen (secondary N) is 1. The summed E-state index contributed by atoms with van der Waals surface area (Å²) in [6.45, 7) is 1.84. The van der Waals surface area contributed by atoms with Crippen molar-refractivity contribution >= 4 is 5.78 Å². The molecule has 0 fully saturated rings. The molecular weight excluding hydrogens is 209 g/mol. The van der Waals surface area contributed by atoms with Gasteiger partial charge in [-0.25, -0.2) is 4.39 Å². The number of hydrogen-bond donors (Lipinski definition) is 1. The maximum absolute atomic E-state index is 13.0. The van der Waals surface area contributed by atoms with E-state index in [0.29, 0.717) is 5.56 Å². The van der Waals surface area contributed by atoms with E-state index >= 15 is 0 Å². The molecule has 2 aromatic rings. The van der Waals surface area contributed by atoms with Gasteiger partial charge in [0.05, 0.1) is 6.20 Å². The molecule has 2 rings (SSSR count). The van der Waals surface area contributed by atoms with Gasteiger partial charge in [0.1, 0.15) is 11.5 Å². The molecule has 4 nitrogen and oxygen atoms in total. The number of H-pyrrole nitrogens is 1. The van der Waals surface area contributed by atoms with Crippen molar-refractivity contribution in [1.82, 2.24) is 15.4 Å². The molecule has 0 spiro atoms. The fraction of sp³-hybridized carbons (Fsp3) is 0.182. The Kier molecular flexibility index (Phi) is 2.76. The molecule has 0 saturated heterocycles. The summed E-state index contributed by atoms with van der Waals surface area (Å²) in [6.07, 6.45) is 1.49. The second kappa shape index (κ2) is 4.22. The van der Waals surface area contributed by atoms with Crippen LogP contribution in [0.4, 0.5) is 4.39 Å². The average molecular weight is 219 g/mol. The van der Waals surface area contributed by atoms with E-state index in [9.17, 15) is 9.18 Å². The third-order valence-corrected chi connectivity index (χ3v) is 2.36. The third kappa shape index (κ3) is 2.13. The molecule has 0 aliphatic rings. The molecule has 0 unspecified atom stereocenters. The summed E-state index contributed by atoms with van der Waals surface area (Å²) in [5, 5.41) is 9.61. The highest BCUT2D eigenvalue weighted by Crippen LogP contribution is 2.12. The van der Waals surface area contributed by atoms with Crippen molar-refractivity contribution in [3.05, 3.63) is 47.0 Å². The van der Waals surface area contributed by atoms with E-state index < -0.39 is 0 Å². The van der Waals surface area contributed by atoms with E-state index in [1.165, 1.54) is 18.3 Å². The normalized spacial score (nSPS) is 10.4. The Morgan fingerprint density at radius 3 is 3.00 bits per heavy atom. The highest BCUT2D eigenvalue weighted by molar-refractivity contribution is 5.95. The Bertz CT molecular complexity index is 508. The van der Waals surface area contributed by atoms with Crippen molar-refractivity contribution in [3.63, 3.8) is 0 Å². The summed E-state index contributed by atoms with van der Waals surface area (Å²) in [5.74, 6) is -0.518. The number of ketones is 1. The maximum Gasteiger partial charge on any atom is 0.189 e. The van der Waals surface area contributed by atoms with E-state index in [4.69, 9.17) is 0 Å². The zero-order valence-electron chi connectivity index (χ0n) is 8.70. The first-order valence-electron chi connectivity index (χ1n) is 4.81. The van der Waals surface area contributed by atoms with Gasteiger partial charge in [-0.3, -0.25) is 4.79 Å². The summed E-state index contributed by atoms with van der Waals surface area (Å²) >= 11 is 0. The summed E-state index contributed by atoms with van der Waals surface area (Å²) in [7, 11) is 0. The largest absolute Gasteiger partial charge is 0.292 e. The van der Waals surface area contributed by atoms with Crippen LogP contribution in [0.3, 0.4) is 0 Å². The Morgan fingerprint density at radius 1 is 1.50 bits per heavy atom. The van der Waals surface area contributed by atoms with Gasteiger partial charge < -0.3 is 0 Å². The number of halogens is 1. The van der Waals surface area contributed by atoms with Gasteiger partial charge in [0.25, 0.3) is 0 Å². The molecule has 0 bridgehead atoms. The smallest absolute Gasteiger partial charge is 0.189 e. The lowest BCUT2D eigenvalue weighted by Gasteiger charge is -2.03. The fourth-order valence-electron chi connectivity index (χ4n) is 1.43. The zero-order valence-corrected chi connectivity index (χ0v) is 8.70. The van der Waals surface area contributed by atoms with Crippen LogP contribution in [-0.2, 0) is 6.42 Å². The van der Waals surface area contributed by atoms with Crippen LogP contribution in [0.2, 0.25) is 0 Å². The van der Waals surface area contributed by atoms with E-state index in [-0.39, 0.29) is 23.7 Å².